The van der Waals surface area contributed by atoms with Crippen LogP contribution in [0.4, 0.5) is 0 Å². The van der Waals surface area contributed by atoms with E-state index in [2.05, 4.69) is 28.2 Å². The van der Waals surface area contributed by atoms with Crippen LogP contribution in [-0.2, 0) is 20.6 Å². The number of piperidine rings is 1. The second-order valence-corrected chi connectivity index (χ2v) is 10.8. The van der Waals surface area contributed by atoms with Gasteiger partial charge in [0.2, 0.25) is 15.9 Å². The van der Waals surface area contributed by atoms with Gasteiger partial charge in [0, 0.05) is 23.5 Å². The van der Waals surface area contributed by atoms with E-state index in [0.29, 0.717) is 39.1 Å². The van der Waals surface area contributed by atoms with Crippen LogP contribution in [0.25, 0.3) is 0 Å². The van der Waals surface area contributed by atoms with E-state index in [1.165, 1.54) is 15.4 Å². The van der Waals surface area contributed by atoms with Gasteiger partial charge < -0.3 is 10.1 Å². The van der Waals surface area contributed by atoms with Crippen molar-refractivity contribution in [3.63, 3.8) is 0 Å². The average Bonchev–Trinajstić information content (AvgIpc) is 2.73. The molecule has 2 aromatic carbocycles. The number of hydrogen-bond donors (Lipinski definition) is 1. The molecule has 1 fully saturated rings. The maximum atomic E-state index is 12.7. The lowest BCUT2D eigenvalue weighted by atomic mass is 9.97. The molecule has 3 rings (SSSR count). The SMILES string of the molecule is Cc1ccc(OCCNC(=O)C2CCN(S(=O)(=O)Cc3cccc(Br)c3)CC2)cc1C. The summed E-state index contributed by atoms with van der Waals surface area (Å²) in [5.74, 6) is 0.562. The molecule has 1 aliphatic heterocycles. The molecule has 0 radical (unpaired) electrons. The second-order valence-electron chi connectivity index (χ2n) is 7.95. The van der Waals surface area contributed by atoms with Crippen molar-refractivity contribution in [1.29, 1.82) is 0 Å². The number of benzene rings is 2. The average molecular weight is 509 g/mol. The number of aryl methyl sites for hydroxylation is 2. The van der Waals surface area contributed by atoms with Crippen molar-refractivity contribution in [3.8, 4) is 5.75 Å². The Morgan fingerprint density at radius 2 is 1.87 bits per heavy atom. The highest BCUT2D eigenvalue weighted by atomic mass is 79.9. The lowest BCUT2D eigenvalue weighted by Crippen LogP contribution is -2.43. The molecule has 8 heteroatoms. The zero-order valence-corrected chi connectivity index (χ0v) is 20.3. The van der Waals surface area contributed by atoms with Crippen LogP contribution in [0.15, 0.2) is 46.9 Å². The third-order valence-corrected chi connectivity index (χ3v) is 7.95. The molecular formula is C23H29BrN2O4S. The molecule has 1 aliphatic rings. The Morgan fingerprint density at radius 1 is 1.13 bits per heavy atom. The first-order valence-corrected chi connectivity index (χ1v) is 12.8. The molecule has 1 N–H and O–H groups in total. The highest BCUT2D eigenvalue weighted by molar-refractivity contribution is 9.10. The van der Waals surface area contributed by atoms with E-state index in [4.69, 9.17) is 4.74 Å². The first-order valence-electron chi connectivity index (χ1n) is 10.4. The van der Waals surface area contributed by atoms with Crippen molar-refractivity contribution < 1.29 is 17.9 Å². The summed E-state index contributed by atoms with van der Waals surface area (Å²) in [5, 5.41) is 2.91. The third-order valence-electron chi connectivity index (χ3n) is 5.60. The molecule has 0 saturated carbocycles. The molecule has 0 atom stereocenters. The Kier molecular flexibility index (Phi) is 8.13. The van der Waals surface area contributed by atoms with Gasteiger partial charge in [0.1, 0.15) is 12.4 Å². The molecule has 31 heavy (non-hydrogen) atoms. The molecule has 0 bridgehead atoms. The predicted molar refractivity (Wildman–Crippen MR) is 125 cm³/mol. The molecule has 1 amide bonds. The second kappa shape index (κ2) is 10.6. The lowest BCUT2D eigenvalue weighted by molar-refractivity contribution is -0.126. The summed E-state index contributed by atoms with van der Waals surface area (Å²) in [6, 6.07) is 13.3. The fourth-order valence-corrected chi connectivity index (χ4v) is 5.61. The predicted octanol–water partition coefficient (Wildman–Crippen LogP) is 3.80. The van der Waals surface area contributed by atoms with E-state index in [0.717, 1.165) is 15.8 Å². The van der Waals surface area contributed by atoms with Crippen LogP contribution < -0.4 is 10.1 Å². The highest BCUT2D eigenvalue weighted by Gasteiger charge is 2.31. The highest BCUT2D eigenvalue weighted by Crippen LogP contribution is 2.23. The van der Waals surface area contributed by atoms with Gasteiger partial charge in [-0.1, -0.05) is 34.1 Å². The van der Waals surface area contributed by atoms with E-state index in [1.807, 2.05) is 49.4 Å². The minimum atomic E-state index is -3.40. The Hall–Kier alpha value is -1.90. The number of amides is 1. The summed E-state index contributed by atoms with van der Waals surface area (Å²) in [5.41, 5.74) is 3.13. The van der Waals surface area contributed by atoms with Gasteiger partial charge in [-0.3, -0.25) is 4.79 Å². The molecule has 0 unspecified atom stereocenters. The fourth-order valence-electron chi connectivity index (χ4n) is 3.62. The normalized spacial score (nSPS) is 15.6. The van der Waals surface area contributed by atoms with Gasteiger partial charge >= 0.3 is 0 Å². The quantitative estimate of drug-likeness (QED) is 0.550. The number of hydrogen-bond acceptors (Lipinski definition) is 4. The number of carbonyl (C=O) groups is 1. The molecular weight excluding hydrogens is 480 g/mol. The smallest absolute Gasteiger partial charge is 0.223 e. The zero-order valence-electron chi connectivity index (χ0n) is 17.9. The number of ether oxygens (including phenoxy) is 1. The lowest BCUT2D eigenvalue weighted by Gasteiger charge is -2.30. The van der Waals surface area contributed by atoms with Crippen molar-refractivity contribution in [3.05, 3.63) is 63.6 Å². The number of carbonyl (C=O) groups excluding carboxylic acids is 1. The minimum absolute atomic E-state index is 0.0286. The summed E-state index contributed by atoms with van der Waals surface area (Å²) >= 11 is 3.37. The summed E-state index contributed by atoms with van der Waals surface area (Å²) < 4.78 is 33.5. The molecule has 2 aromatic rings. The molecule has 0 aliphatic carbocycles. The number of rotatable bonds is 8. The first-order chi connectivity index (χ1) is 14.7. The summed E-state index contributed by atoms with van der Waals surface area (Å²) in [4.78, 5) is 12.5. The fraction of sp³-hybridized carbons (Fsp3) is 0.435. The van der Waals surface area contributed by atoms with Crippen LogP contribution in [-0.4, -0.2) is 44.9 Å². The van der Waals surface area contributed by atoms with Gasteiger partial charge in [0.25, 0.3) is 0 Å². The van der Waals surface area contributed by atoms with Crippen LogP contribution in [0.2, 0.25) is 0 Å². The molecule has 0 aromatic heterocycles. The summed E-state index contributed by atoms with van der Waals surface area (Å²) in [6.07, 6.45) is 1.06. The van der Waals surface area contributed by atoms with Gasteiger partial charge in [-0.2, -0.15) is 0 Å². The van der Waals surface area contributed by atoms with Gasteiger partial charge in [0.05, 0.1) is 12.3 Å². The maximum Gasteiger partial charge on any atom is 0.223 e. The van der Waals surface area contributed by atoms with E-state index >= 15 is 0 Å². The zero-order chi connectivity index (χ0) is 22.4. The van der Waals surface area contributed by atoms with E-state index in [-0.39, 0.29) is 17.6 Å². The van der Waals surface area contributed by atoms with Crippen LogP contribution >= 0.6 is 15.9 Å². The van der Waals surface area contributed by atoms with Gasteiger partial charge in [-0.25, -0.2) is 12.7 Å². The Morgan fingerprint density at radius 3 is 2.55 bits per heavy atom. The minimum Gasteiger partial charge on any atom is -0.492 e. The first kappa shape index (κ1) is 23.8. The number of halogens is 1. The summed E-state index contributed by atoms with van der Waals surface area (Å²) in [6.45, 7) is 5.65. The Labute approximate surface area is 193 Å². The van der Waals surface area contributed by atoms with Crippen LogP contribution in [0, 0.1) is 19.8 Å². The van der Waals surface area contributed by atoms with Gasteiger partial charge in [-0.05, 0) is 67.6 Å². The van der Waals surface area contributed by atoms with Gasteiger partial charge in [0.15, 0.2) is 0 Å². The Balaban J connectivity index is 1.41. The largest absolute Gasteiger partial charge is 0.492 e. The van der Waals surface area contributed by atoms with E-state index < -0.39 is 10.0 Å². The van der Waals surface area contributed by atoms with Crippen LogP contribution in [0.3, 0.4) is 0 Å². The molecule has 6 nitrogen and oxygen atoms in total. The van der Waals surface area contributed by atoms with Crippen molar-refractivity contribution in [2.45, 2.75) is 32.4 Å². The standard InChI is InChI=1S/C23H29BrN2O4S/c1-17-6-7-22(14-18(17)2)30-13-10-25-23(27)20-8-11-26(12-9-20)31(28,29)16-19-4-3-5-21(24)15-19/h3-7,14-15,20H,8-13,16H2,1-2H3,(H,25,27). The van der Waals surface area contributed by atoms with Crippen molar-refractivity contribution in [2.24, 2.45) is 5.92 Å². The van der Waals surface area contributed by atoms with Crippen molar-refractivity contribution in [1.82, 2.24) is 9.62 Å². The molecule has 0 spiro atoms. The molecule has 1 heterocycles. The molecule has 1 saturated heterocycles. The maximum absolute atomic E-state index is 12.7. The van der Waals surface area contributed by atoms with Crippen molar-refractivity contribution >= 4 is 31.9 Å². The topological polar surface area (TPSA) is 75.7 Å². The van der Waals surface area contributed by atoms with Crippen molar-refractivity contribution in [2.75, 3.05) is 26.2 Å². The number of nitrogens with one attached hydrogen (secondary N) is 1. The van der Waals surface area contributed by atoms with Crippen LogP contribution in [0.1, 0.15) is 29.5 Å². The monoisotopic (exact) mass is 508 g/mol. The van der Waals surface area contributed by atoms with E-state index in [9.17, 15) is 13.2 Å². The number of nitrogens with zero attached hydrogens (tertiary/aromatic N) is 1. The summed E-state index contributed by atoms with van der Waals surface area (Å²) in [7, 11) is -3.40. The van der Waals surface area contributed by atoms with Crippen LogP contribution in [0.5, 0.6) is 5.75 Å². The Bertz CT molecular complexity index is 1020. The molecule has 168 valence electrons. The van der Waals surface area contributed by atoms with Gasteiger partial charge in [-0.15, -0.1) is 0 Å². The number of sulfonamides is 1. The third kappa shape index (κ3) is 6.79. The van der Waals surface area contributed by atoms with E-state index in [1.54, 1.807) is 0 Å².